The topological polar surface area (TPSA) is 61.2 Å². The highest BCUT2D eigenvalue weighted by molar-refractivity contribution is 5.78. The zero-order valence-electron chi connectivity index (χ0n) is 12.5. The average molecular weight is 308 g/mol. The van der Waals surface area contributed by atoms with Crippen LogP contribution < -0.4 is 14.8 Å². The molecule has 116 valence electrons. The van der Waals surface area contributed by atoms with Crippen molar-refractivity contribution < 1.29 is 9.47 Å². The molecule has 0 spiro atoms. The minimum Gasteiger partial charge on any atom is -0.486 e. The molecule has 1 N–H and O–H groups in total. The molecular formula is C17H16N4O2. The van der Waals surface area contributed by atoms with Crippen LogP contribution in [-0.2, 0) is 0 Å². The van der Waals surface area contributed by atoms with E-state index in [-0.39, 0.29) is 0 Å². The van der Waals surface area contributed by atoms with Crippen molar-refractivity contribution in [1.82, 2.24) is 14.5 Å². The number of fused-ring (bicyclic) bond motifs is 2. The molecule has 0 radical (unpaired) electrons. The number of ether oxygens (including phenoxy) is 2. The smallest absolute Gasteiger partial charge is 0.163 e. The summed E-state index contributed by atoms with van der Waals surface area (Å²) in [6.07, 6.45) is 6.20. The van der Waals surface area contributed by atoms with Gasteiger partial charge < -0.3 is 19.4 Å². The number of hydrogen-bond donors (Lipinski definition) is 1. The Morgan fingerprint density at radius 2 is 1.91 bits per heavy atom. The third-order valence-electron chi connectivity index (χ3n) is 4.22. The maximum Gasteiger partial charge on any atom is 0.163 e. The molecule has 1 saturated carbocycles. The van der Waals surface area contributed by atoms with Crippen LogP contribution in [0.1, 0.15) is 18.9 Å². The molecule has 1 aromatic carbocycles. The standard InChI is InChI=1S/C17H16N4O2/c1-4-15-16(23-6-5-22-15)7-11(1)20-17-8-14-13(9-18-17)19-10-21(14)12-2-3-12/h1,4,7-10,12H,2-3,5-6H2,(H,18,20). The van der Waals surface area contributed by atoms with Gasteiger partial charge >= 0.3 is 0 Å². The number of aromatic nitrogens is 3. The van der Waals surface area contributed by atoms with Gasteiger partial charge in [-0.3, -0.25) is 0 Å². The predicted octanol–water partition coefficient (Wildman–Crippen LogP) is 3.28. The summed E-state index contributed by atoms with van der Waals surface area (Å²) in [4.78, 5) is 8.87. The fourth-order valence-corrected chi connectivity index (χ4v) is 2.91. The van der Waals surface area contributed by atoms with Crippen LogP contribution >= 0.6 is 0 Å². The Hall–Kier alpha value is -2.76. The van der Waals surface area contributed by atoms with Crippen LogP contribution in [0.3, 0.4) is 0 Å². The molecule has 1 fully saturated rings. The molecule has 3 heterocycles. The summed E-state index contributed by atoms with van der Waals surface area (Å²) < 4.78 is 13.4. The first-order valence-electron chi connectivity index (χ1n) is 7.86. The molecule has 0 bridgehead atoms. The van der Waals surface area contributed by atoms with Crippen molar-refractivity contribution in [3.8, 4) is 11.5 Å². The highest BCUT2D eigenvalue weighted by atomic mass is 16.6. The van der Waals surface area contributed by atoms with Crippen molar-refractivity contribution >= 4 is 22.5 Å². The second kappa shape index (κ2) is 4.87. The summed E-state index contributed by atoms with van der Waals surface area (Å²) in [6.45, 7) is 1.18. The van der Waals surface area contributed by atoms with Crippen LogP contribution in [0.4, 0.5) is 11.5 Å². The predicted molar refractivity (Wildman–Crippen MR) is 86.5 cm³/mol. The molecule has 1 aliphatic carbocycles. The van der Waals surface area contributed by atoms with Crippen molar-refractivity contribution in [2.24, 2.45) is 0 Å². The summed E-state index contributed by atoms with van der Waals surface area (Å²) in [6, 6.07) is 8.49. The van der Waals surface area contributed by atoms with Gasteiger partial charge in [-0.1, -0.05) is 0 Å². The number of nitrogens with one attached hydrogen (secondary N) is 1. The minimum atomic E-state index is 0.585. The monoisotopic (exact) mass is 308 g/mol. The van der Waals surface area contributed by atoms with Crippen LogP contribution in [0.2, 0.25) is 0 Å². The Morgan fingerprint density at radius 1 is 1.04 bits per heavy atom. The molecule has 3 aromatic rings. The molecule has 0 atom stereocenters. The van der Waals surface area contributed by atoms with Gasteiger partial charge in [-0.05, 0) is 25.0 Å². The third-order valence-corrected chi connectivity index (χ3v) is 4.22. The van der Waals surface area contributed by atoms with Crippen molar-refractivity contribution in [2.75, 3.05) is 18.5 Å². The Morgan fingerprint density at radius 3 is 2.78 bits per heavy atom. The van der Waals surface area contributed by atoms with E-state index in [1.807, 2.05) is 30.7 Å². The Labute approximate surface area is 133 Å². The lowest BCUT2D eigenvalue weighted by atomic mass is 10.2. The van der Waals surface area contributed by atoms with Gasteiger partial charge in [0, 0.05) is 23.9 Å². The molecule has 0 saturated heterocycles. The molecule has 1 aliphatic heterocycles. The molecular weight excluding hydrogens is 292 g/mol. The fourth-order valence-electron chi connectivity index (χ4n) is 2.91. The molecule has 0 amide bonds. The zero-order valence-corrected chi connectivity index (χ0v) is 12.5. The molecule has 0 unspecified atom stereocenters. The van der Waals surface area contributed by atoms with Gasteiger partial charge in [0.1, 0.15) is 24.5 Å². The van der Waals surface area contributed by atoms with Gasteiger partial charge in [0.25, 0.3) is 0 Å². The van der Waals surface area contributed by atoms with Crippen LogP contribution in [0.25, 0.3) is 11.0 Å². The van der Waals surface area contributed by atoms with E-state index in [2.05, 4.69) is 25.9 Å². The van der Waals surface area contributed by atoms with E-state index >= 15 is 0 Å². The molecule has 23 heavy (non-hydrogen) atoms. The SMILES string of the molecule is c1cc2c(cc1Nc1cc3c(cn1)ncn3C1CC1)OCCO2. The zero-order chi connectivity index (χ0) is 15.2. The van der Waals surface area contributed by atoms with E-state index in [1.165, 1.54) is 12.8 Å². The summed E-state index contributed by atoms with van der Waals surface area (Å²) in [5.41, 5.74) is 2.99. The second-order valence-corrected chi connectivity index (χ2v) is 5.92. The molecule has 5 rings (SSSR count). The van der Waals surface area contributed by atoms with Gasteiger partial charge in [-0.15, -0.1) is 0 Å². The number of pyridine rings is 1. The normalized spacial score (nSPS) is 16.5. The summed E-state index contributed by atoms with van der Waals surface area (Å²) in [5.74, 6) is 2.36. The van der Waals surface area contributed by atoms with Gasteiger partial charge in [0.2, 0.25) is 0 Å². The Bertz CT molecular complexity index is 885. The van der Waals surface area contributed by atoms with E-state index in [0.29, 0.717) is 19.3 Å². The number of benzene rings is 1. The second-order valence-electron chi connectivity index (χ2n) is 5.92. The number of rotatable bonds is 3. The summed E-state index contributed by atoms with van der Waals surface area (Å²) in [5, 5.41) is 3.33. The van der Waals surface area contributed by atoms with Crippen molar-refractivity contribution in [2.45, 2.75) is 18.9 Å². The number of imidazole rings is 1. The van der Waals surface area contributed by atoms with E-state index in [4.69, 9.17) is 9.47 Å². The van der Waals surface area contributed by atoms with E-state index in [0.717, 1.165) is 34.0 Å². The third kappa shape index (κ3) is 2.27. The Balaban J connectivity index is 1.47. The van der Waals surface area contributed by atoms with Crippen LogP contribution in [-0.4, -0.2) is 27.7 Å². The first-order chi connectivity index (χ1) is 11.4. The quantitative estimate of drug-likeness (QED) is 0.804. The van der Waals surface area contributed by atoms with Crippen LogP contribution in [0.5, 0.6) is 11.5 Å². The average Bonchev–Trinajstić information content (AvgIpc) is 3.34. The first-order valence-corrected chi connectivity index (χ1v) is 7.86. The van der Waals surface area contributed by atoms with E-state index in [9.17, 15) is 0 Å². The maximum atomic E-state index is 5.62. The van der Waals surface area contributed by atoms with Crippen LogP contribution in [0, 0.1) is 0 Å². The van der Waals surface area contributed by atoms with Crippen molar-refractivity contribution in [1.29, 1.82) is 0 Å². The molecule has 2 aromatic heterocycles. The lowest BCUT2D eigenvalue weighted by molar-refractivity contribution is 0.171. The maximum absolute atomic E-state index is 5.62. The first kappa shape index (κ1) is 12.8. The lowest BCUT2D eigenvalue weighted by Gasteiger charge is -2.19. The van der Waals surface area contributed by atoms with Crippen molar-refractivity contribution in [3.05, 3.63) is 36.8 Å². The Kier molecular flexibility index (Phi) is 2.70. The molecule has 6 nitrogen and oxygen atoms in total. The van der Waals surface area contributed by atoms with Gasteiger partial charge in [-0.25, -0.2) is 9.97 Å². The number of anilines is 2. The molecule has 6 heteroatoms. The van der Waals surface area contributed by atoms with Crippen LogP contribution in [0.15, 0.2) is 36.8 Å². The highest BCUT2D eigenvalue weighted by Gasteiger charge is 2.25. The van der Waals surface area contributed by atoms with Gasteiger partial charge in [-0.2, -0.15) is 0 Å². The highest BCUT2D eigenvalue weighted by Crippen LogP contribution is 2.38. The largest absolute Gasteiger partial charge is 0.486 e. The minimum absolute atomic E-state index is 0.585. The van der Waals surface area contributed by atoms with Gasteiger partial charge in [0.05, 0.1) is 18.0 Å². The number of nitrogens with zero attached hydrogens (tertiary/aromatic N) is 3. The fraction of sp³-hybridized carbons (Fsp3) is 0.294. The van der Waals surface area contributed by atoms with E-state index in [1.54, 1.807) is 0 Å². The molecule has 2 aliphatic rings. The summed E-state index contributed by atoms with van der Waals surface area (Å²) >= 11 is 0. The number of hydrogen-bond acceptors (Lipinski definition) is 5. The van der Waals surface area contributed by atoms with Gasteiger partial charge in [0.15, 0.2) is 11.5 Å². The van der Waals surface area contributed by atoms with Crippen molar-refractivity contribution in [3.63, 3.8) is 0 Å². The van der Waals surface area contributed by atoms with E-state index < -0.39 is 0 Å². The summed E-state index contributed by atoms with van der Waals surface area (Å²) in [7, 11) is 0. The lowest BCUT2D eigenvalue weighted by Crippen LogP contribution is -2.15.